The SMILES string of the molecule is COc1cc(C)c(C(O)c2ccc(Cl)o2)cc1C. The van der Waals surface area contributed by atoms with Crippen LogP contribution in [0.5, 0.6) is 5.75 Å². The number of ether oxygens (including phenoxy) is 1. The predicted octanol–water partition coefficient (Wildman–Crippen LogP) is 3.64. The van der Waals surface area contributed by atoms with E-state index < -0.39 is 6.10 Å². The van der Waals surface area contributed by atoms with Gasteiger partial charge in [0.2, 0.25) is 0 Å². The lowest BCUT2D eigenvalue weighted by Crippen LogP contribution is -2.02. The summed E-state index contributed by atoms with van der Waals surface area (Å²) in [6.45, 7) is 3.86. The van der Waals surface area contributed by atoms with Gasteiger partial charge >= 0.3 is 0 Å². The number of halogens is 1. The lowest BCUT2D eigenvalue weighted by atomic mass is 9.98. The van der Waals surface area contributed by atoms with E-state index in [2.05, 4.69) is 0 Å². The molecule has 2 aromatic rings. The zero-order valence-electron chi connectivity index (χ0n) is 10.5. The molecule has 18 heavy (non-hydrogen) atoms. The molecule has 0 radical (unpaired) electrons. The third kappa shape index (κ3) is 2.37. The number of methoxy groups -OCH3 is 1. The summed E-state index contributed by atoms with van der Waals surface area (Å²) in [5.74, 6) is 1.24. The zero-order valence-corrected chi connectivity index (χ0v) is 11.3. The minimum Gasteiger partial charge on any atom is -0.496 e. The first-order valence-electron chi connectivity index (χ1n) is 5.61. The molecular formula is C14H15ClO3. The predicted molar refractivity (Wildman–Crippen MR) is 70.2 cm³/mol. The first-order chi connectivity index (χ1) is 8.52. The largest absolute Gasteiger partial charge is 0.496 e. The lowest BCUT2D eigenvalue weighted by molar-refractivity contribution is 0.188. The van der Waals surface area contributed by atoms with Crippen LogP contribution in [0.25, 0.3) is 0 Å². The Morgan fingerprint density at radius 2 is 1.94 bits per heavy atom. The summed E-state index contributed by atoms with van der Waals surface area (Å²) < 4.78 is 10.5. The molecule has 0 aliphatic carbocycles. The summed E-state index contributed by atoms with van der Waals surface area (Å²) >= 11 is 5.71. The zero-order chi connectivity index (χ0) is 13.3. The van der Waals surface area contributed by atoms with Gasteiger partial charge in [0.05, 0.1) is 7.11 Å². The highest BCUT2D eigenvalue weighted by Gasteiger charge is 2.18. The fourth-order valence-corrected chi connectivity index (χ4v) is 2.11. The summed E-state index contributed by atoms with van der Waals surface area (Å²) in [4.78, 5) is 0. The van der Waals surface area contributed by atoms with Gasteiger partial charge in [-0.15, -0.1) is 0 Å². The van der Waals surface area contributed by atoms with Crippen molar-refractivity contribution in [2.45, 2.75) is 20.0 Å². The van der Waals surface area contributed by atoms with Crippen LogP contribution in [0.15, 0.2) is 28.7 Å². The van der Waals surface area contributed by atoms with E-state index in [4.69, 9.17) is 20.8 Å². The van der Waals surface area contributed by atoms with Crippen molar-refractivity contribution < 1.29 is 14.3 Å². The van der Waals surface area contributed by atoms with E-state index in [1.165, 1.54) is 0 Å². The topological polar surface area (TPSA) is 42.6 Å². The van der Waals surface area contributed by atoms with E-state index >= 15 is 0 Å². The van der Waals surface area contributed by atoms with Gasteiger partial charge in [-0.05, 0) is 66.4 Å². The standard InChI is InChI=1S/C14H15ClO3/c1-8-7-12(17-3)9(2)6-10(8)14(16)11-4-5-13(15)18-11/h4-7,14,16H,1-3H3. The van der Waals surface area contributed by atoms with Crippen molar-refractivity contribution in [2.24, 2.45) is 0 Å². The van der Waals surface area contributed by atoms with Crippen LogP contribution in [0.4, 0.5) is 0 Å². The molecule has 1 aromatic carbocycles. The molecule has 2 rings (SSSR count). The average molecular weight is 267 g/mol. The number of aliphatic hydroxyl groups is 1. The normalized spacial score (nSPS) is 12.5. The molecule has 1 unspecified atom stereocenters. The quantitative estimate of drug-likeness (QED) is 0.922. The Balaban J connectivity index is 2.42. The highest BCUT2D eigenvalue weighted by Crippen LogP contribution is 2.31. The molecule has 0 spiro atoms. The maximum absolute atomic E-state index is 10.3. The minimum absolute atomic E-state index is 0.270. The third-order valence-electron chi connectivity index (χ3n) is 2.94. The number of aryl methyl sites for hydroxylation is 2. The molecule has 1 atom stereocenters. The highest BCUT2D eigenvalue weighted by atomic mass is 35.5. The second-order valence-electron chi connectivity index (χ2n) is 4.22. The molecule has 0 bridgehead atoms. The third-order valence-corrected chi connectivity index (χ3v) is 3.14. The second kappa shape index (κ2) is 5.04. The van der Waals surface area contributed by atoms with Crippen LogP contribution in [0.1, 0.15) is 28.6 Å². The van der Waals surface area contributed by atoms with Crippen molar-refractivity contribution in [3.8, 4) is 5.75 Å². The molecule has 4 heteroatoms. The molecule has 96 valence electrons. The van der Waals surface area contributed by atoms with E-state index in [-0.39, 0.29) is 5.22 Å². The van der Waals surface area contributed by atoms with Gasteiger partial charge in [0.25, 0.3) is 0 Å². The summed E-state index contributed by atoms with van der Waals surface area (Å²) in [6, 6.07) is 7.09. The summed E-state index contributed by atoms with van der Waals surface area (Å²) in [7, 11) is 1.63. The Labute approximate surface area is 111 Å². The minimum atomic E-state index is -0.817. The molecule has 0 amide bonds. The highest BCUT2D eigenvalue weighted by molar-refractivity contribution is 6.28. The fourth-order valence-electron chi connectivity index (χ4n) is 1.96. The maximum Gasteiger partial charge on any atom is 0.193 e. The van der Waals surface area contributed by atoms with Crippen molar-refractivity contribution in [1.82, 2.24) is 0 Å². The Bertz CT molecular complexity index is 560. The fraction of sp³-hybridized carbons (Fsp3) is 0.286. The van der Waals surface area contributed by atoms with Gasteiger partial charge in [0, 0.05) is 0 Å². The number of benzene rings is 1. The molecule has 0 aliphatic heterocycles. The van der Waals surface area contributed by atoms with Crippen molar-refractivity contribution in [3.05, 3.63) is 51.9 Å². The molecule has 0 fully saturated rings. The van der Waals surface area contributed by atoms with Gasteiger partial charge in [0.15, 0.2) is 5.22 Å². The lowest BCUT2D eigenvalue weighted by Gasteiger charge is -2.14. The Kier molecular flexibility index (Phi) is 3.64. The first-order valence-corrected chi connectivity index (χ1v) is 5.99. The van der Waals surface area contributed by atoms with E-state index in [0.29, 0.717) is 5.76 Å². The summed E-state index contributed by atoms with van der Waals surface area (Å²) in [5.41, 5.74) is 2.70. The van der Waals surface area contributed by atoms with E-state index in [1.54, 1.807) is 19.2 Å². The summed E-state index contributed by atoms with van der Waals surface area (Å²) in [5, 5.41) is 10.6. The van der Waals surface area contributed by atoms with Gasteiger partial charge in [-0.2, -0.15) is 0 Å². The van der Waals surface area contributed by atoms with Gasteiger partial charge in [0.1, 0.15) is 17.6 Å². The molecule has 0 aliphatic rings. The van der Waals surface area contributed by atoms with Crippen LogP contribution in [0.3, 0.4) is 0 Å². The Morgan fingerprint density at radius 3 is 2.50 bits per heavy atom. The van der Waals surface area contributed by atoms with E-state index in [0.717, 1.165) is 22.4 Å². The van der Waals surface area contributed by atoms with Crippen LogP contribution in [-0.4, -0.2) is 12.2 Å². The van der Waals surface area contributed by atoms with Gasteiger partial charge in [-0.1, -0.05) is 0 Å². The first kappa shape index (κ1) is 13.0. The number of hydrogen-bond acceptors (Lipinski definition) is 3. The Hall–Kier alpha value is -1.45. The van der Waals surface area contributed by atoms with Gasteiger partial charge < -0.3 is 14.3 Å². The van der Waals surface area contributed by atoms with Crippen molar-refractivity contribution in [2.75, 3.05) is 7.11 Å². The average Bonchev–Trinajstić information content (AvgIpc) is 2.77. The van der Waals surface area contributed by atoms with Crippen molar-refractivity contribution in [3.63, 3.8) is 0 Å². The smallest absolute Gasteiger partial charge is 0.193 e. The molecule has 1 heterocycles. The molecule has 0 saturated carbocycles. The van der Waals surface area contributed by atoms with Crippen LogP contribution in [-0.2, 0) is 0 Å². The van der Waals surface area contributed by atoms with Crippen LogP contribution >= 0.6 is 11.6 Å². The van der Waals surface area contributed by atoms with Crippen molar-refractivity contribution in [1.29, 1.82) is 0 Å². The summed E-state index contributed by atoms with van der Waals surface area (Å²) in [6.07, 6.45) is -0.817. The number of aliphatic hydroxyl groups excluding tert-OH is 1. The molecule has 3 nitrogen and oxygen atoms in total. The van der Waals surface area contributed by atoms with Crippen molar-refractivity contribution >= 4 is 11.6 Å². The number of rotatable bonds is 3. The molecule has 0 saturated heterocycles. The monoisotopic (exact) mass is 266 g/mol. The molecular weight excluding hydrogens is 252 g/mol. The van der Waals surface area contributed by atoms with Crippen LogP contribution in [0.2, 0.25) is 5.22 Å². The van der Waals surface area contributed by atoms with Crippen LogP contribution in [0, 0.1) is 13.8 Å². The Morgan fingerprint density at radius 1 is 1.22 bits per heavy atom. The maximum atomic E-state index is 10.3. The molecule has 1 aromatic heterocycles. The van der Waals surface area contributed by atoms with Crippen LogP contribution < -0.4 is 4.74 Å². The number of hydrogen-bond donors (Lipinski definition) is 1. The van der Waals surface area contributed by atoms with Gasteiger partial charge in [-0.25, -0.2) is 0 Å². The second-order valence-corrected chi connectivity index (χ2v) is 4.60. The molecule has 1 N–H and O–H groups in total. The number of furan rings is 1. The van der Waals surface area contributed by atoms with E-state index in [9.17, 15) is 5.11 Å². The van der Waals surface area contributed by atoms with E-state index in [1.807, 2.05) is 26.0 Å². The van der Waals surface area contributed by atoms with Gasteiger partial charge in [-0.3, -0.25) is 0 Å².